The predicted octanol–water partition coefficient (Wildman–Crippen LogP) is 1.05. The van der Waals surface area contributed by atoms with E-state index in [9.17, 15) is 0 Å². The van der Waals surface area contributed by atoms with Crippen LogP contribution in [0.2, 0.25) is 0 Å². The Hall–Kier alpha value is -1.20. The lowest BCUT2D eigenvalue weighted by Gasteiger charge is -2.25. The first-order valence-corrected chi connectivity index (χ1v) is 6.76. The molecule has 2 aliphatic heterocycles. The summed E-state index contributed by atoms with van der Waals surface area (Å²) in [7, 11) is 0. The van der Waals surface area contributed by atoms with Gasteiger partial charge in [0.25, 0.3) is 0 Å². The van der Waals surface area contributed by atoms with Crippen molar-refractivity contribution in [1.29, 1.82) is 0 Å². The van der Waals surface area contributed by atoms with Gasteiger partial charge in [-0.15, -0.1) is 0 Å². The Morgan fingerprint density at radius 1 is 1.33 bits per heavy atom. The van der Waals surface area contributed by atoms with Gasteiger partial charge in [0, 0.05) is 32.2 Å². The van der Waals surface area contributed by atoms with Crippen LogP contribution in [0.1, 0.15) is 30.5 Å². The second-order valence-corrected chi connectivity index (χ2v) is 4.96. The fourth-order valence-corrected chi connectivity index (χ4v) is 2.60. The van der Waals surface area contributed by atoms with E-state index in [-0.39, 0.29) is 6.10 Å². The summed E-state index contributed by atoms with van der Waals surface area (Å²) >= 11 is 0. The van der Waals surface area contributed by atoms with Gasteiger partial charge in [0.15, 0.2) is 0 Å². The zero-order valence-corrected chi connectivity index (χ0v) is 10.9. The second-order valence-electron chi connectivity index (χ2n) is 4.96. The fourth-order valence-electron chi connectivity index (χ4n) is 2.60. The van der Waals surface area contributed by atoms with Crippen molar-refractivity contribution in [3.63, 3.8) is 0 Å². The van der Waals surface area contributed by atoms with Crippen molar-refractivity contribution < 1.29 is 4.74 Å². The lowest BCUT2D eigenvalue weighted by Crippen LogP contribution is -2.34. The van der Waals surface area contributed by atoms with Crippen LogP contribution in [0.3, 0.4) is 0 Å². The third-order valence-corrected chi connectivity index (χ3v) is 3.53. The molecule has 1 aromatic rings. The molecule has 2 saturated heterocycles. The van der Waals surface area contributed by atoms with Crippen LogP contribution in [0, 0.1) is 6.92 Å². The quantitative estimate of drug-likeness (QED) is 0.847. The SMILES string of the molecule is Cc1nc([C@H]2CNCCO2)cc(N2CCCC2)n1. The molecule has 5 heteroatoms. The van der Waals surface area contributed by atoms with Crippen LogP contribution in [-0.2, 0) is 4.74 Å². The summed E-state index contributed by atoms with van der Waals surface area (Å²) < 4.78 is 5.77. The molecule has 0 spiro atoms. The summed E-state index contributed by atoms with van der Waals surface area (Å²) in [6, 6.07) is 2.09. The van der Waals surface area contributed by atoms with Gasteiger partial charge in [-0.25, -0.2) is 9.97 Å². The number of rotatable bonds is 2. The normalized spacial score (nSPS) is 24.5. The molecule has 0 amide bonds. The van der Waals surface area contributed by atoms with Crippen LogP contribution in [0.5, 0.6) is 0 Å². The minimum Gasteiger partial charge on any atom is -0.369 e. The maximum Gasteiger partial charge on any atom is 0.132 e. The lowest BCUT2D eigenvalue weighted by molar-refractivity contribution is 0.0249. The Balaban J connectivity index is 1.84. The number of nitrogens with one attached hydrogen (secondary N) is 1. The molecule has 0 radical (unpaired) electrons. The van der Waals surface area contributed by atoms with Crippen molar-refractivity contribution in [1.82, 2.24) is 15.3 Å². The van der Waals surface area contributed by atoms with Crippen LogP contribution in [0.4, 0.5) is 5.82 Å². The van der Waals surface area contributed by atoms with Gasteiger partial charge in [0.1, 0.15) is 17.7 Å². The zero-order chi connectivity index (χ0) is 12.4. The fraction of sp³-hybridized carbons (Fsp3) is 0.692. The van der Waals surface area contributed by atoms with Gasteiger partial charge in [-0.2, -0.15) is 0 Å². The van der Waals surface area contributed by atoms with Crippen molar-refractivity contribution in [2.45, 2.75) is 25.9 Å². The van der Waals surface area contributed by atoms with Crippen LogP contribution >= 0.6 is 0 Å². The van der Waals surface area contributed by atoms with E-state index in [0.29, 0.717) is 0 Å². The molecule has 3 heterocycles. The Morgan fingerprint density at radius 2 is 2.17 bits per heavy atom. The van der Waals surface area contributed by atoms with Crippen LogP contribution < -0.4 is 10.2 Å². The smallest absolute Gasteiger partial charge is 0.132 e. The molecule has 0 bridgehead atoms. The number of aryl methyl sites for hydroxylation is 1. The van der Waals surface area contributed by atoms with E-state index in [4.69, 9.17) is 4.74 Å². The Labute approximate surface area is 108 Å². The van der Waals surface area contributed by atoms with Crippen molar-refractivity contribution >= 4 is 5.82 Å². The number of morpholine rings is 1. The summed E-state index contributed by atoms with van der Waals surface area (Å²) in [6.45, 7) is 6.71. The van der Waals surface area contributed by atoms with Crippen molar-refractivity contribution in [2.75, 3.05) is 37.7 Å². The minimum atomic E-state index is 0.0711. The molecule has 2 fully saturated rings. The molecule has 5 nitrogen and oxygen atoms in total. The monoisotopic (exact) mass is 248 g/mol. The molecule has 0 aromatic carbocycles. The molecule has 2 aliphatic rings. The molecule has 1 atom stereocenters. The summed E-state index contributed by atoms with van der Waals surface area (Å²) in [5.41, 5.74) is 1.01. The number of nitrogens with zero attached hydrogens (tertiary/aromatic N) is 3. The number of anilines is 1. The van der Waals surface area contributed by atoms with E-state index in [0.717, 1.165) is 50.1 Å². The minimum absolute atomic E-state index is 0.0711. The summed E-state index contributed by atoms with van der Waals surface area (Å²) in [6.07, 6.45) is 2.60. The summed E-state index contributed by atoms with van der Waals surface area (Å²) in [4.78, 5) is 11.4. The predicted molar refractivity (Wildman–Crippen MR) is 69.8 cm³/mol. The number of aromatic nitrogens is 2. The molecule has 0 aliphatic carbocycles. The van der Waals surface area contributed by atoms with Gasteiger partial charge in [-0.1, -0.05) is 0 Å². The molecule has 3 rings (SSSR count). The van der Waals surface area contributed by atoms with E-state index in [1.807, 2.05) is 6.92 Å². The van der Waals surface area contributed by atoms with Crippen LogP contribution in [0.15, 0.2) is 6.07 Å². The topological polar surface area (TPSA) is 50.3 Å². The maximum absolute atomic E-state index is 5.77. The highest BCUT2D eigenvalue weighted by Gasteiger charge is 2.21. The maximum atomic E-state index is 5.77. The molecule has 0 saturated carbocycles. The van der Waals surface area contributed by atoms with Gasteiger partial charge in [0.2, 0.25) is 0 Å². The first kappa shape index (κ1) is 11.9. The average Bonchev–Trinajstić information content (AvgIpc) is 2.93. The van der Waals surface area contributed by atoms with Gasteiger partial charge >= 0.3 is 0 Å². The molecule has 0 unspecified atom stereocenters. The molecule has 18 heavy (non-hydrogen) atoms. The highest BCUT2D eigenvalue weighted by molar-refractivity contribution is 5.41. The van der Waals surface area contributed by atoms with Crippen LogP contribution in [-0.4, -0.2) is 42.8 Å². The molecule has 1 aromatic heterocycles. The van der Waals surface area contributed by atoms with Gasteiger partial charge in [-0.05, 0) is 19.8 Å². The molecular weight excluding hydrogens is 228 g/mol. The highest BCUT2D eigenvalue weighted by atomic mass is 16.5. The Bertz CT molecular complexity index is 411. The van der Waals surface area contributed by atoms with Gasteiger partial charge in [-0.3, -0.25) is 0 Å². The molecule has 98 valence electrons. The van der Waals surface area contributed by atoms with E-state index in [1.54, 1.807) is 0 Å². The van der Waals surface area contributed by atoms with Gasteiger partial charge < -0.3 is 15.0 Å². The van der Waals surface area contributed by atoms with Crippen molar-refractivity contribution in [2.24, 2.45) is 0 Å². The summed E-state index contributed by atoms with van der Waals surface area (Å²) in [5, 5.41) is 3.34. The van der Waals surface area contributed by atoms with E-state index in [2.05, 4.69) is 26.3 Å². The zero-order valence-electron chi connectivity index (χ0n) is 10.9. The van der Waals surface area contributed by atoms with E-state index < -0.39 is 0 Å². The second kappa shape index (κ2) is 5.20. The van der Waals surface area contributed by atoms with E-state index >= 15 is 0 Å². The molecule has 1 N–H and O–H groups in total. The summed E-state index contributed by atoms with van der Waals surface area (Å²) in [5.74, 6) is 1.90. The van der Waals surface area contributed by atoms with Crippen molar-refractivity contribution in [3.8, 4) is 0 Å². The van der Waals surface area contributed by atoms with Crippen LogP contribution in [0.25, 0.3) is 0 Å². The third-order valence-electron chi connectivity index (χ3n) is 3.53. The number of ether oxygens (including phenoxy) is 1. The first-order valence-electron chi connectivity index (χ1n) is 6.76. The average molecular weight is 248 g/mol. The standard InChI is InChI=1S/C13H20N4O/c1-10-15-11(12-9-14-4-7-18-12)8-13(16-10)17-5-2-3-6-17/h8,12,14H,2-7,9H2,1H3/t12-/m1/s1. The van der Waals surface area contributed by atoms with Gasteiger partial charge in [0.05, 0.1) is 12.3 Å². The highest BCUT2D eigenvalue weighted by Crippen LogP contribution is 2.23. The number of hydrogen-bond acceptors (Lipinski definition) is 5. The Morgan fingerprint density at radius 3 is 2.89 bits per heavy atom. The van der Waals surface area contributed by atoms with Crippen molar-refractivity contribution in [3.05, 3.63) is 17.6 Å². The largest absolute Gasteiger partial charge is 0.369 e. The lowest BCUT2D eigenvalue weighted by atomic mass is 10.2. The third kappa shape index (κ3) is 2.47. The Kier molecular flexibility index (Phi) is 3.43. The number of hydrogen-bond donors (Lipinski definition) is 1. The van der Waals surface area contributed by atoms with E-state index in [1.165, 1.54) is 12.8 Å². The molecular formula is C13H20N4O. The first-order chi connectivity index (χ1) is 8.83.